The van der Waals surface area contributed by atoms with E-state index in [1.807, 2.05) is 26.1 Å². The van der Waals surface area contributed by atoms with Gasteiger partial charge < -0.3 is 4.90 Å². The third-order valence-corrected chi connectivity index (χ3v) is 2.17. The smallest absolute Gasteiger partial charge is 0.245 e. The van der Waals surface area contributed by atoms with E-state index in [1.165, 1.54) is 5.56 Å². The highest BCUT2D eigenvalue weighted by atomic mass is 16.2. The van der Waals surface area contributed by atoms with E-state index in [9.17, 15) is 4.79 Å². The number of likely N-dealkylation sites (N-methyl/N-ethyl adjacent to an activating group) is 1. The van der Waals surface area contributed by atoms with Gasteiger partial charge in [0.2, 0.25) is 5.91 Å². The molecule has 0 aliphatic heterocycles. The lowest BCUT2D eigenvalue weighted by Gasteiger charge is -2.14. The highest BCUT2D eigenvalue weighted by Gasteiger charge is 2.03. The summed E-state index contributed by atoms with van der Waals surface area (Å²) in [5.41, 5.74) is 1.20. The van der Waals surface area contributed by atoms with Crippen molar-refractivity contribution in [2.45, 2.75) is 13.3 Å². The Morgan fingerprint density at radius 1 is 1.47 bits per heavy atom. The average Bonchev–Trinajstić information content (AvgIpc) is 2.27. The minimum Gasteiger partial charge on any atom is -0.342 e. The molecule has 3 heteroatoms. The monoisotopic (exact) mass is 204 g/mol. The molecule has 0 fully saturated rings. The van der Waals surface area contributed by atoms with E-state index in [0.717, 1.165) is 13.0 Å². The van der Waals surface area contributed by atoms with Gasteiger partial charge in [0.15, 0.2) is 0 Å². The molecule has 1 aromatic rings. The van der Waals surface area contributed by atoms with Crippen LogP contribution in [-0.4, -0.2) is 29.4 Å². The number of rotatable bonds is 4. The highest BCUT2D eigenvalue weighted by molar-refractivity contribution is 5.87. The fraction of sp³-hybridized carbons (Fsp3) is 0.333. The summed E-state index contributed by atoms with van der Waals surface area (Å²) in [6, 6.07) is 3.93. The van der Waals surface area contributed by atoms with Crippen molar-refractivity contribution in [1.82, 2.24) is 9.88 Å². The summed E-state index contributed by atoms with van der Waals surface area (Å²) in [4.78, 5) is 17.0. The molecule has 3 nitrogen and oxygen atoms in total. The zero-order chi connectivity index (χ0) is 11.1. The van der Waals surface area contributed by atoms with Gasteiger partial charge in [0, 0.05) is 26.0 Å². The lowest BCUT2D eigenvalue weighted by Crippen LogP contribution is -2.26. The quantitative estimate of drug-likeness (QED) is 0.699. The van der Waals surface area contributed by atoms with Gasteiger partial charge in [-0.3, -0.25) is 9.78 Å². The van der Waals surface area contributed by atoms with Crippen LogP contribution in [0.15, 0.2) is 36.7 Å². The Balaban J connectivity index is 2.41. The Bertz CT molecular complexity index is 333. The molecule has 15 heavy (non-hydrogen) atoms. The molecular weight excluding hydrogens is 188 g/mol. The number of nitrogens with zero attached hydrogens (tertiary/aromatic N) is 2. The number of amides is 1. The lowest BCUT2D eigenvalue weighted by molar-refractivity contribution is -0.124. The lowest BCUT2D eigenvalue weighted by atomic mass is 10.2. The molecule has 0 N–H and O–H groups in total. The summed E-state index contributed by atoms with van der Waals surface area (Å²) in [5, 5.41) is 0. The third kappa shape index (κ3) is 3.94. The van der Waals surface area contributed by atoms with Crippen molar-refractivity contribution >= 4 is 5.91 Å². The predicted octanol–water partition coefficient (Wildman–Crippen LogP) is 1.66. The van der Waals surface area contributed by atoms with Crippen molar-refractivity contribution in [2.24, 2.45) is 0 Å². The number of hydrogen-bond donors (Lipinski definition) is 0. The van der Waals surface area contributed by atoms with E-state index in [2.05, 4.69) is 4.98 Å². The molecule has 1 aromatic heterocycles. The second-order valence-electron chi connectivity index (χ2n) is 3.37. The number of carbonyl (C=O) groups is 1. The summed E-state index contributed by atoms with van der Waals surface area (Å²) in [5.74, 6) is 0.0477. The second-order valence-corrected chi connectivity index (χ2v) is 3.37. The molecule has 80 valence electrons. The molecule has 0 radical (unpaired) electrons. The van der Waals surface area contributed by atoms with Crippen LogP contribution in [-0.2, 0) is 11.2 Å². The van der Waals surface area contributed by atoms with Gasteiger partial charge in [-0.2, -0.15) is 0 Å². The Morgan fingerprint density at radius 3 is 2.73 bits per heavy atom. The largest absolute Gasteiger partial charge is 0.342 e. The Labute approximate surface area is 90.4 Å². The van der Waals surface area contributed by atoms with Crippen molar-refractivity contribution < 1.29 is 4.79 Å². The van der Waals surface area contributed by atoms with Crippen molar-refractivity contribution in [3.05, 3.63) is 42.2 Å². The first kappa shape index (κ1) is 11.4. The second kappa shape index (κ2) is 5.96. The van der Waals surface area contributed by atoms with E-state index in [1.54, 1.807) is 29.4 Å². The molecule has 1 heterocycles. The first-order valence-corrected chi connectivity index (χ1v) is 5.00. The highest BCUT2D eigenvalue weighted by Crippen LogP contribution is 1.99. The number of carbonyl (C=O) groups excluding carboxylic acids is 1. The molecule has 0 aliphatic carbocycles. The molecule has 0 saturated heterocycles. The van der Waals surface area contributed by atoms with E-state index < -0.39 is 0 Å². The molecule has 0 aromatic carbocycles. The fourth-order valence-corrected chi connectivity index (χ4v) is 1.23. The molecule has 0 spiro atoms. The van der Waals surface area contributed by atoms with Gasteiger partial charge in [-0.15, -0.1) is 0 Å². The van der Waals surface area contributed by atoms with Crippen LogP contribution >= 0.6 is 0 Å². The zero-order valence-electron chi connectivity index (χ0n) is 9.18. The normalized spacial score (nSPS) is 10.5. The summed E-state index contributed by atoms with van der Waals surface area (Å²) in [6.45, 7) is 2.57. The van der Waals surface area contributed by atoms with Crippen LogP contribution in [0.5, 0.6) is 0 Å². The average molecular weight is 204 g/mol. The predicted molar refractivity (Wildman–Crippen MR) is 60.4 cm³/mol. The topological polar surface area (TPSA) is 33.2 Å². The van der Waals surface area contributed by atoms with Gasteiger partial charge >= 0.3 is 0 Å². The van der Waals surface area contributed by atoms with Crippen LogP contribution in [0.25, 0.3) is 0 Å². The van der Waals surface area contributed by atoms with E-state index in [-0.39, 0.29) is 5.91 Å². The minimum atomic E-state index is 0.0477. The van der Waals surface area contributed by atoms with Gasteiger partial charge in [0.05, 0.1) is 0 Å². The maximum atomic E-state index is 11.4. The van der Waals surface area contributed by atoms with E-state index >= 15 is 0 Å². The van der Waals surface area contributed by atoms with Gasteiger partial charge in [-0.05, 0) is 37.1 Å². The SMILES string of the molecule is CC=CC(=O)N(C)CCc1ccncc1. The minimum absolute atomic E-state index is 0.0477. The molecule has 0 saturated carbocycles. The van der Waals surface area contributed by atoms with Gasteiger partial charge in [0.25, 0.3) is 0 Å². The number of allylic oxidation sites excluding steroid dienone is 1. The first-order chi connectivity index (χ1) is 7.24. The zero-order valence-corrected chi connectivity index (χ0v) is 9.18. The van der Waals surface area contributed by atoms with Crippen molar-refractivity contribution in [3.8, 4) is 0 Å². The summed E-state index contributed by atoms with van der Waals surface area (Å²) in [6.07, 6.45) is 7.73. The molecule has 0 bridgehead atoms. The van der Waals surface area contributed by atoms with Crippen molar-refractivity contribution in [2.75, 3.05) is 13.6 Å². The molecular formula is C12H16N2O. The van der Waals surface area contributed by atoms with Crippen LogP contribution in [0.2, 0.25) is 0 Å². The van der Waals surface area contributed by atoms with Crippen LogP contribution in [0.1, 0.15) is 12.5 Å². The molecule has 1 amide bonds. The van der Waals surface area contributed by atoms with Crippen LogP contribution in [0.4, 0.5) is 0 Å². The van der Waals surface area contributed by atoms with E-state index in [4.69, 9.17) is 0 Å². The summed E-state index contributed by atoms with van der Waals surface area (Å²) in [7, 11) is 1.81. The van der Waals surface area contributed by atoms with Crippen molar-refractivity contribution in [1.29, 1.82) is 0 Å². The first-order valence-electron chi connectivity index (χ1n) is 5.00. The Hall–Kier alpha value is -1.64. The van der Waals surface area contributed by atoms with Crippen LogP contribution < -0.4 is 0 Å². The maximum Gasteiger partial charge on any atom is 0.245 e. The Morgan fingerprint density at radius 2 is 2.13 bits per heavy atom. The third-order valence-electron chi connectivity index (χ3n) is 2.17. The fourth-order valence-electron chi connectivity index (χ4n) is 1.23. The number of hydrogen-bond acceptors (Lipinski definition) is 2. The number of aromatic nitrogens is 1. The van der Waals surface area contributed by atoms with Crippen molar-refractivity contribution in [3.63, 3.8) is 0 Å². The number of pyridine rings is 1. The van der Waals surface area contributed by atoms with E-state index in [0.29, 0.717) is 0 Å². The standard InChI is InChI=1S/C12H16N2O/c1-3-4-12(15)14(2)10-7-11-5-8-13-9-6-11/h3-6,8-9H,7,10H2,1-2H3. The summed E-state index contributed by atoms with van der Waals surface area (Å²) < 4.78 is 0. The van der Waals surface area contributed by atoms with Gasteiger partial charge in [0.1, 0.15) is 0 Å². The molecule has 0 atom stereocenters. The van der Waals surface area contributed by atoms with Crippen LogP contribution in [0, 0.1) is 0 Å². The van der Waals surface area contributed by atoms with Crippen LogP contribution in [0.3, 0.4) is 0 Å². The molecule has 0 aliphatic rings. The van der Waals surface area contributed by atoms with Gasteiger partial charge in [-0.1, -0.05) is 6.08 Å². The maximum absolute atomic E-state index is 11.4. The summed E-state index contributed by atoms with van der Waals surface area (Å²) >= 11 is 0. The molecule has 0 unspecified atom stereocenters. The molecule has 1 rings (SSSR count). The van der Waals surface area contributed by atoms with Gasteiger partial charge in [-0.25, -0.2) is 0 Å². The Kier molecular flexibility index (Phi) is 4.54.